The number of carbonyl (C=O) groups is 1. The molecule has 0 atom stereocenters. The van der Waals surface area contributed by atoms with Gasteiger partial charge in [-0.1, -0.05) is 19.9 Å². The van der Waals surface area contributed by atoms with Crippen molar-refractivity contribution in [3.05, 3.63) is 12.2 Å². The first-order valence-electron chi connectivity index (χ1n) is 7.23. The van der Waals surface area contributed by atoms with E-state index in [-0.39, 0.29) is 5.91 Å². The minimum absolute atomic E-state index is 0.187. The summed E-state index contributed by atoms with van der Waals surface area (Å²) in [6, 6.07) is 0. The second kappa shape index (κ2) is 8.30. The summed E-state index contributed by atoms with van der Waals surface area (Å²) in [6.07, 6.45) is 8.55. The van der Waals surface area contributed by atoms with Gasteiger partial charge in [-0.05, 0) is 45.2 Å². The molecule has 104 valence electrons. The van der Waals surface area contributed by atoms with Crippen LogP contribution >= 0.6 is 0 Å². The summed E-state index contributed by atoms with van der Waals surface area (Å²) < 4.78 is 0. The monoisotopic (exact) mass is 252 g/mol. The fourth-order valence-electron chi connectivity index (χ4n) is 2.12. The molecule has 0 bridgehead atoms. The maximum Gasteiger partial charge on any atom is 0.246 e. The molecule has 0 aliphatic carbocycles. The largest absolute Gasteiger partial charge is 0.339 e. The fourth-order valence-corrected chi connectivity index (χ4v) is 2.12. The van der Waals surface area contributed by atoms with E-state index in [1.165, 1.54) is 12.8 Å². The molecule has 3 heteroatoms. The van der Waals surface area contributed by atoms with Gasteiger partial charge in [-0.3, -0.25) is 4.79 Å². The number of hydrogen-bond donors (Lipinski definition) is 0. The van der Waals surface area contributed by atoms with E-state index in [9.17, 15) is 4.79 Å². The Balaban J connectivity index is 2.20. The number of hydrogen-bond acceptors (Lipinski definition) is 2. The molecule has 1 amide bonds. The van der Waals surface area contributed by atoms with E-state index in [0.717, 1.165) is 44.9 Å². The lowest BCUT2D eigenvalue weighted by Crippen LogP contribution is -2.34. The molecule has 0 radical (unpaired) electrons. The number of likely N-dealkylation sites (tertiary alicyclic amines) is 1. The molecular weight excluding hydrogens is 224 g/mol. The van der Waals surface area contributed by atoms with Crippen molar-refractivity contribution in [2.45, 2.75) is 39.5 Å². The Bertz CT molecular complexity index is 268. The van der Waals surface area contributed by atoms with E-state index in [1.54, 1.807) is 6.08 Å². The Hall–Kier alpha value is -0.830. The van der Waals surface area contributed by atoms with Gasteiger partial charge in [0.1, 0.15) is 0 Å². The lowest BCUT2D eigenvalue weighted by atomic mass is 10.1. The molecule has 1 rings (SSSR count). The molecule has 1 heterocycles. The highest BCUT2D eigenvalue weighted by Crippen LogP contribution is 2.09. The number of amides is 1. The van der Waals surface area contributed by atoms with E-state index < -0.39 is 0 Å². The van der Waals surface area contributed by atoms with Gasteiger partial charge in [0.05, 0.1) is 0 Å². The van der Waals surface area contributed by atoms with Gasteiger partial charge in [-0.2, -0.15) is 0 Å². The van der Waals surface area contributed by atoms with Crippen LogP contribution in [0.25, 0.3) is 0 Å². The van der Waals surface area contributed by atoms with Crippen LogP contribution in [0.4, 0.5) is 0 Å². The molecule has 1 aliphatic rings. The summed E-state index contributed by atoms with van der Waals surface area (Å²) in [5.74, 6) is 0.929. The summed E-state index contributed by atoms with van der Waals surface area (Å²) in [5.41, 5.74) is 0. The average molecular weight is 252 g/mol. The minimum Gasteiger partial charge on any atom is -0.339 e. The molecule has 0 unspecified atom stereocenters. The van der Waals surface area contributed by atoms with Crippen LogP contribution in [-0.4, -0.2) is 48.9 Å². The highest BCUT2D eigenvalue weighted by atomic mass is 16.2. The van der Waals surface area contributed by atoms with Crippen molar-refractivity contribution in [1.29, 1.82) is 0 Å². The molecule has 18 heavy (non-hydrogen) atoms. The standard InChI is InChI=1S/C15H28N2O/c1-14(2)9-13-16(3)10-7-8-15(18)17-11-5-4-6-12-17/h7-8,14H,4-6,9-13H2,1-3H3/b8-7+. The lowest BCUT2D eigenvalue weighted by molar-refractivity contribution is -0.126. The third-order valence-corrected chi connectivity index (χ3v) is 3.43. The topological polar surface area (TPSA) is 23.6 Å². The quantitative estimate of drug-likeness (QED) is 0.678. The first kappa shape index (κ1) is 15.2. The van der Waals surface area contributed by atoms with Crippen molar-refractivity contribution < 1.29 is 4.79 Å². The van der Waals surface area contributed by atoms with Gasteiger partial charge >= 0.3 is 0 Å². The van der Waals surface area contributed by atoms with E-state index >= 15 is 0 Å². The van der Waals surface area contributed by atoms with Gasteiger partial charge in [-0.15, -0.1) is 0 Å². The van der Waals surface area contributed by atoms with E-state index in [2.05, 4.69) is 25.8 Å². The average Bonchev–Trinajstić information content (AvgIpc) is 2.37. The predicted molar refractivity (Wildman–Crippen MR) is 76.5 cm³/mol. The molecule has 0 aromatic carbocycles. The molecule has 0 aromatic rings. The zero-order chi connectivity index (χ0) is 13.4. The summed E-state index contributed by atoms with van der Waals surface area (Å²) in [6.45, 7) is 8.32. The van der Waals surface area contributed by atoms with E-state index in [4.69, 9.17) is 0 Å². The van der Waals surface area contributed by atoms with E-state index in [1.807, 2.05) is 11.0 Å². The number of carbonyl (C=O) groups excluding carboxylic acids is 1. The fraction of sp³-hybridized carbons (Fsp3) is 0.800. The Labute approximate surface area is 112 Å². The van der Waals surface area contributed by atoms with Crippen molar-refractivity contribution in [3.63, 3.8) is 0 Å². The predicted octanol–water partition coefficient (Wildman–Crippen LogP) is 2.53. The molecular formula is C15H28N2O. The Morgan fingerprint density at radius 3 is 2.56 bits per heavy atom. The van der Waals surface area contributed by atoms with Crippen molar-refractivity contribution >= 4 is 5.91 Å². The smallest absolute Gasteiger partial charge is 0.246 e. The highest BCUT2D eigenvalue weighted by Gasteiger charge is 2.13. The third-order valence-electron chi connectivity index (χ3n) is 3.43. The van der Waals surface area contributed by atoms with Crippen LogP contribution in [0.3, 0.4) is 0 Å². The zero-order valence-electron chi connectivity index (χ0n) is 12.2. The minimum atomic E-state index is 0.187. The second-order valence-electron chi connectivity index (χ2n) is 5.73. The van der Waals surface area contributed by atoms with Crippen molar-refractivity contribution in [3.8, 4) is 0 Å². The molecule has 3 nitrogen and oxygen atoms in total. The Morgan fingerprint density at radius 2 is 1.94 bits per heavy atom. The molecule has 1 aliphatic heterocycles. The van der Waals surface area contributed by atoms with Crippen molar-refractivity contribution in [2.24, 2.45) is 5.92 Å². The maximum atomic E-state index is 11.9. The van der Waals surface area contributed by atoms with Crippen LogP contribution in [0.15, 0.2) is 12.2 Å². The number of rotatable bonds is 6. The van der Waals surface area contributed by atoms with Gasteiger partial charge in [0, 0.05) is 25.7 Å². The van der Waals surface area contributed by atoms with Gasteiger partial charge in [-0.25, -0.2) is 0 Å². The summed E-state index contributed by atoms with van der Waals surface area (Å²) in [7, 11) is 2.11. The number of nitrogens with zero attached hydrogens (tertiary/aromatic N) is 2. The van der Waals surface area contributed by atoms with Crippen LogP contribution < -0.4 is 0 Å². The first-order chi connectivity index (χ1) is 8.59. The molecule has 0 spiro atoms. The van der Waals surface area contributed by atoms with Crippen LogP contribution in [-0.2, 0) is 4.79 Å². The van der Waals surface area contributed by atoms with Crippen LogP contribution in [0.1, 0.15) is 39.5 Å². The second-order valence-corrected chi connectivity index (χ2v) is 5.73. The van der Waals surface area contributed by atoms with Gasteiger partial charge in [0.2, 0.25) is 5.91 Å². The Kier molecular flexibility index (Phi) is 7.02. The van der Waals surface area contributed by atoms with Gasteiger partial charge < -0.3 is 9.80 Å². The van der Waals surface area contributed by atoms with Crippen LogP contribution in [0.5, 0.6) is 0 Å². The Morgan fingerprint density at radius 1 is 1.28 bits per heavy atom. The van der Waals surface area contributed by atoms with Gasteiger partial charge in [0.25, 0.3) is 0 Å². The number of likely N-dealkylation sites (N-methyl/N-ethyl adjacent to an activating group) is 1. The molecule has 1 saturated heterocycles. The zero-order valence-corrected chi connectivity index (χ0v) is 12.2. The van der Waals surface area contributed by atoms with Crippen molar-refractivity contribution in [1.82, 2.24) is 9.80 Å². The molecule has 0 N–H and O–H groups in total. The van der Waals surface area contributed by atoms with Gasteiger partial charge in [0.15, 0.2) is 0 Å². The first-order valence-corrected chi connectivity index (χ1v) is 7.23. The number of piperidine rings is 1. The normalized spacial score (nSPS) is 17.1. The SMILES string of the molecule is CC(C)CCN(C)C/C=C/C(=O)N1CCCCC1. The van der Waals surface area contributed by atoms with Crippen LogP contribution in [0.2, 0.25) is 0 Å². The lowest BCUT2D eigenvalue weighted by Gasteiger charge is -2.25. The summed E-state index contributed by atoms with van der Waals surface area (Å²) in [5, 5.41) is 0. The van der Waals surface area contributed by atoms with Crippen molar-refractivity contribution in [2.75, 3.05) is 33.2 Å². The van der Waals surface area contributed by atoms with E-state index in [0.29, 0.717) is 0 Å². The summed E-state index contributed by atoms with van der Waals surface area (Å²) >= 11 is 0. The van der Waals surface area contributed by atoms with Crippen LogP contribution in [0, 0.1) is 5.92 Å². The third kappa shape index (κ3) is 6.20. The summed E-state index contributed by atoms with van der Waals surface area (Å²) in [4.78, 5) is 16.1. The highest BCUT2D eigenvalue weighted by molar-refractivity contribution is 5.87. The molecule has 1 fully saturated rings. The molecule has 0 saturated carbocycles. The maximum absolute atomic E-state index is 11.9. The molecule has 0 aromatic heterocycles.